The standard InChI is InChI=1S/C19H26N2O2/c1-13-3-6-17-15(9-13)16-10-20(2)8-7-18(16)21(17)19(22)12-23-11-14-4-5-14/h3,6,9,14,16,18H,4-5,7-8,10-12H2,1-2H3/t16-,18-/m0/s1. The summed E-state index contributed by atoms with van der Waals surface area (Å²) in [5.41, 5.74) is 3.73. The number of ether oxygens (including phenoxy) is 1. The Balaban J connectivity index is 1.56. The minimum Gasteiger partial charge on any atom is -0.371 e. The molecule has 0 radical (unpaired) electrons. The molecule has 2 heterocycles. The van der Waals surface area contributed by atoms with Gasteiger partial charge in [-0.05, 0) is 57.3 Å². The zero-order chi connectivity index (χ0) is 16.0. The van der Waals surface area contributed by atoms with Gasteiger partial charge in [-0.15, -0.1) is 0 Å². The smallest absolute Gasteiger partial charge is 0.253 e. The summed E-state index contributed by atoms with van der Waals surface area (Å²) in [6.45, 7) is 5.19. The minimum absolute atomic E-state index is 0.132. The van der Waals surface area contributed by atoms with Crippen molar-refractivity contribution in [2.45, 2.75) is 38.1 Å². The molecule has 124 valence electrons. The molecule has 1 saturated heterocycles. The minimum atomic E-state index is 0.132. The molecule has 0 N–H and O–H groups in total. The highest BCUT2D eigenvalue weighted by Crippen LogP contribution is 2.44. The van der Waals surface area contributed by atoms with Crippen LogP contribution in [0.4, 0.5) is 5.69 Å². The highest BCUT2D eigenvalue weighted by molar-refractivity contribution is 5.97. The van der Waals surface area contributed by atoms with Gasteiger partial charge < -0.3 is 14.5 Å². The second kappa shape index (κ2) is 5.91. The molecule has 0 unspecified atom stereocenters. The first-order chi connectivity index (χ1) is 11.1. The third kappa shape index (κ3) is 2.90. The maximum atomic E-state index is 12.8. The molecule has 1 saturated carbocycles. The van der Waals surface area contributed by atoms with E-state index in [9.17, 15) is 4.79 Å². The molecule has 23 heavy (non-hydrogen) atoms. The van der Waals surface area contributed by atoms with Crippen LogP contribution in [-0.2, 0) is 9.53 Å². The number of carbonyl (C=O) groups excluding carboxylic acids is 1. The van der Waals surface area contributed by atoms with Crippen LogP contribution >= 0.6 is 0 Å². The van der Waals surface area contributed by atoms with Crippen molar-refractivity contribution in [3.05, 3.63) is 29.3 Å². The number of hydrogen-bond acceptors (Lipinski definition) is 3. The van der Waals surface area contributed by atoms with E-state index >= 15 is 0 Å². The van der Waals surface area contributed by atoms with Gasteiger partial charge in [0.2, 0.25) is 0 Å². The van der Waals surface area contributed by atoms with Crippen molar-refractivity contribution >= 4 is 11.6 Å². The van der Waals surface area contributed by atoms with Crippen molar-refractivity contribution < 1.29 is 9.53 Å². The third-order valence-electron chi connectivity index (χ3n) is 5.50. The lowest BCUT2D eigenvalue weighted by atomic mass is 9.89. The number of nitrogens with zero attached hydrogens (tertiary/aromatic N) is 2. The van der Waals surface area contributed by atoms with Crippen LogP contribution in [0, 0.1) is 12.8 Å². The summed E-state index contributed by atoms with van der Waals surface area (Å²) in [5.74, 6) is 1.27. The summed E-state index contributed by atoms with van der Waals surface area (Å²) in [7, 11) is 2.18. The zero-order valence-electron chi connectivity index (χ0n) is 14.1. The van der Waals surface area contributed by atoms with E-state index in [0.717, 1.165) is 31.8 Å². The molecule has 0 bridgehead atoms. The maximum absolute atomic E-state index is 12.8. The highest BCUT2D eigenvalue weighted by Gasteiger charge is 2.43. The zero-order valence-corrected chi connectivity index (χ0v) is 14.1. The van der Waals surface area contributed by atoms with Crippen molar-refractivity contribution in [3.63, 3.8) is 0 Å². The first kappa shape index (κ1) is 15.2. The van der Waals surface area contributed by atoms with Gasteiger partial charge in [0.05, 0.1) is 6.61 Å². The van der Waals surface area contributed by atoms with Gasteiger partial charge in [-0.3, -0.25) is 4.79 Å². The molecular formula is C19H26N2O2. The first-order valence-corrected chi connectivity index (χ1v) is 8.82. The molecule has 1 aromatic carbocycles. The van der Waals surface area contributed by atoms with E-state index in [-0.39, 0.29) is 12.5 Å². The SMILES string of the molecule is Cc1ccc2c(c1)[C@@H]1CN(C)CC[C@@H]1N2C(=O)COCC1CC1. The first-order valence-electron chi connectivity index (χ1n) is 8.82. The van der Waals surface area contributed by atoms with Crippen LogP contribution in [0.5, 0.6) is 0 Å². The van der Waals surface area contributed by atoms with Crippen molar-refractivity contribution in [2.24, 2.45) is 5.92 Å². The van der Waals surface area contributed by atoms with Crippen molar-refractivity contribution in [3.8, 4) is 0 Å². The number of likely N-dealkylation sites (N-methyl/N-ethyl adjacent to an activating group) is 1. The number of hydrogen-bond donors (Lipinski definition) is 0. The number of carbonyl (C=O) groups is 1. The normalized spacial score (nSPS) is 27.0. The predicted molar refractivity (Wildman–Crippen MR) is 90.9 cm³/mol. The largest absolute Gasteiger partial charge is 0.371 e. The van der Waals surface area contributed by atoms with Gasteiger partial charge in [0.25, 0.3) is 5.91 Å². The Morgan fingerprint density at radius 3 is 2.91 bits per heavy atom. The molecule has 2 atom stereocenters. The molecule has 3 aliphatic rings. The highest BCUT2D eigenvalue weighted by atomic mass is 16.5. The summed E-state index contributed by atoms with van der Waals surface area (Å²) in [6, 6.07) is 6.82. The average Bonchev–Trinajstić information content (AvgIpc) is 3.29. The molecule has 1 amide bonds. The van der Waals surface area contributed by atoms with Crippen LogP contribution < -0.4 is 4.90 Å². The monoisotopic (exact) mass is 314 g/mol. The van der Waals surface area contributed by atoms with E-state index < -0.39 is 0 Å². The fourth-order valence-corrected chi connectivity index (χ4v) is 4.07. The number of fused-ring (bicyclic) bond motifs is 3. The van der Waals surface area contributed by atoms with Crippen LogP contribution in [-0.4, -0.2) is 50.2 Å². The number of piperidine rings is 1. The second-order valence-electron chi connectivity index (χ2n) is 7.51. The van der Waals surface area contributed by atoms with Crippen molar-refractivity contribution in [1.29, 1.82) is 0 Å². The van der Waals surface area contributed by atoms with Crippen LogP contribution in [0.25, 0.3) is 0 Å². The van der Waals surface area contributed by atoms with Gasteiger partial charge in [-0.2, -0.15) is 0 Å². The second-order valence-corrected chi connectivity index (χ2v) is 7.51. The van der Waals surface area contributed by atoms with Crippen LogP contribution in [0.2, 0.25) is 0 Å². The van der Waals surface area contributed by atoms with Crippen LogP contribution in [0.15, 0.2) is 18.2 Å². The average molecular weight is 314 g/mol. The molecule has 4 nitrogen and oxygen atoms in total. The Morgan fingerprint density at radius 2 is 2.13 bits per heavy atom. The summed E-state index contributed by atoms with van der Waals surface area (Å²) >= 11 is 0. The molecule has 2 fully saturated rings. The molecule has 4 rings (SSSR count). The van der Waals surface area contributed by atoms with E-state index in [1.54, 1.807) is 0 Å². The third-order valence-corrected chi connectivity index (χ3v) is 5.50. The summed E-state index contributed by atoms with van der Waals surface area (Å²) < 4.78 is 5.67. The number of anilines is 1. The van der Waals surface area contributed by atoms with Crippen molar-refractivity contribution in [2.75, 3.05) is 38.3 Å². The molecular weight excluding hydrogens is 288 g/mol. The Kier molecular flexibility index (Phi) is 3.90. The lowest BCUT2D eigenvalue weighted by Crippen LogP contribution is -2.48. The van der Waals surface area contributed by atoms with Crippen molar-refractivity contribution in [1.82, 2.24) is 4.90 Å². The number of benzene rings is 1. The van der Waals surface area contributed by atoms with E-state index in [0.29, 0.717) is 17.9 Å². The molecule has 2 aliphatic heterocycles. The van der Waals surface area contributed by atoms with Crippen LogP contribution in [0.3, 0.4) is 0 Å². The number of rotatable bonds is 4. The van der Waals surface area contributed by atoms with E-state index in [4.69, 9.17) is 4.74 Å². The molecule has 4 heteroatoms. The van der Waals surface area contributed by atoms with Gasteiger partial charge in [-0.25, -0.2) is 0 Å². The Morgan fingerprint density at radius 1 is 1.30 bits per heavy atom. The van der Waals surface area contributed by atoms with Gasteiger partial charge in [0, 0.05) is 24.2 Å². The fourth-order valence-electron chi connectivity index (χ4n) is 4.07. The Bertz CT molecular complexity index is 611. The summed E-state index contributed by atoms with van der Waals surface area (Å²) in [4.78, 5) is 17.2. The topological polar surface area (TPSA) is 32.8 Å². The molecule has 1 aromatic rings. The molecule has 1 aliphatic carbocycles. The van der Waals surface area contributed by atoms with Gasteiger partial charge >= 0.3 is 0 Å². The Hall–Kier alpha value is -1.39. The fraction of sp³-hybridized carbons (Fsp3) is 0.632. The molecule has 0 aromatic heterocycles. The van der Waals surface area contributed by atoms with E-state index in [2.05, 4.69) is 37.1 Å². The van der Waals surface area contributed by atoms with E-state index in [1.807, 2.05) is 4.90 Å². The van der Waals surface area contributed by atoms with E-state index in [1.165, 1.54) is 24.0 Å². The number of likely N-dealkylation sites (tertiary alicyclic amines) is 1. The summed E-state index contributed by atoms with van der Waals surface area (Å²) in [6.07, 6.45) is 3.57. The quantitative estimate of drug-likeness (QED) is 0.856. The van der Waals surface area contributed by atoms with Gasteiger partial charge in [0.15, 0.2) is 0 Å². The lowest BCUT2D eigenvalue weighted by molar-refractivity contribution is -0.123. The number of amides is 1. The molecule has 0 spiro atoms. The predicted octanol–water partition coefficient (Wildman–Crippen LogP) is 2.56. The Labute approximate surface area is 138 Å². The maximum Gasteiger partial charge on any atom is 0.253 e. The number of aryl methyl sites for hydroxylation is 1. The lowest BCUT2D eigenvalue weighted by Gasteiger charge is -2.36. The van der Waals surface area contributed by atoms with Crippen LogP contribution in [0.1, 0.15) is 36.3 Å². The van der Waals surface area contributed by atoms with Gasteiger partial charge in [-0.1, -0.05) is 17.7 Å². The van der Waals surface area contributed by atoms with Gasteiger partial charge in [0.1, 0.15) is 6.61 Å². The summed E-state index contributed by atoms with van der Waals surface area (Å²) in [5, 5.41) is 0.